The van der Waals surface area contributed by atoms with Crippen LogP contribution in [0.25, 0.3) is 0 Å². The van der Waals surface area contributed by atoms with E-state index in [1.165, 1.54) is 12.1 Å². The molecule has 6 heteroatoms. The number of hydrogen-bond acceptors (Lipinski definition) is 3. The van der Waals surface area contributed by atoms with Gasteiger partial charge in [-0.05, 0) is 18.9 Å². The zero-order chi connectivity index (χ0) is 13.9. The van der Waals surface area contributed by atoms with Crippen molar-refractivity contribution >= 4 is 21.6 Å². The fourth-order valence-corrected chi connectivity index (χ4v) is 3.12. The average molecular weight is 332 g/mol. The monoisotopic (exact) mass is 331 g/mol. The topological polar surface area (TPSA) is 52.4 Å². The number of rotatable bonds is 5. The molecule has 2 rings (SSSR count). The van der Waals surface area contributed by atoms with E-state index in [4.69, 9.17) is 4.74 Å². The van der Waals surface area contributed by atoms with E-state index >= 15 is 0 Å². The molecule has 1 saturated carbocycles. The minimum atomic E-state index is -0.683. The number of nitro groups is 1. The summed E-state index contributed by atoms with van der Waals surface area (Å²) < 4.78 is 19.2. The maximum atomic E-state index is 13.7. The minimum absolute atomic E-state index is 0.0637. The molecule has 0 radical (unpaired) electrons. The number of non-ortho nitro benzene ring substituents is 1. The Labute approximate surface area is 119 Å². The van der Waals surface area contributed by atoms with Crippen molar-refractivity contribution in [3.8, 4) is 5.75 Å². The SMILES string of the molecule is O=[N+]([O-])c1ccc(OCC2(CBr)CCCC2)c(F)c1. The fourth-order valence-electron chi connectivity index (χ4n) is 2.39. The summed E-state index contributed by atoms with van der Waals surface area (Å²) in [6, 6.07) is 3.48. The molecule has 1 fully saturated rings. The number of halogens is 2. The maximum absolute atomic E-state index is 13.7. The van der Waals surface area contributed by atoms with Crippen LogP contribution in [0.2, 0.25) is 0 Å². The third-order valence-electron chi connectivity index (χ3n) is 3.61. The van der Waals surface area contributed by atoms with Crippen LogP contribution in [0.4, 0.5) is 10.1 Å². The fraction of sp³-hybridized carbons (Fsp3) is 0.538. The van der Waals surface area contributed by atoms with Crippen LogP contribution in [-0.4, -0.2) is 16.9 Å². The third kappa shape index (κ3) is 3.23. The molecule has 0 aromatic heterocycles. The Balaban J connectivity index is 2.05. The lowest BCUT2D eigenvalue weighted by Crippen LogP contribution is -2.27. The van der Waals surface area contributed by atoms with Crippen molar-refractivity contribution in [2.24, 2.45) is 5.41 Å². The van der Waals surface area contributed by atoms with Crippen molar-refractivity contribution < 1.29 is 14.1 Å². The lowest BCUT2D eigenvalue weighted by molar-refractivity contribution is -0.385. The summed E-state index contributed by atoms with van der Waals surface area (Å²) in [5, 5.41) is 11.3. The van der Waals surface area contributed by atoms with Crippen LogP contribution in [0.5, 0.6) is 5.75 Å². The number of nitrogens with zero attached hydrogens (tertiary/aromatic N) is 1. The van der Waals surface area contributed by atoms with Crippen LogP contribution in [0.3, 0.4) is 0 Å². The predicted octanol–water partition coefficient (Wildman–Crippen LogP) is 4.07. The molecule has 0 bridgehead atoms. The van der Waals surface area contributed by atoms with E-state index in [1.54, 1.807) is 0 Å². The molecular weight excluding hydrogens is 317 g/mol. The van der Waals surface area contributed by atoms with Gasteiger partial charge in [-0.15, -0.1) is 0 Å². The summed E-state index contributed by atoms with van der Waals surface area (Å²) in [5.74, 6) is -0.602. The first-order chi connectivity index (χ1) is 9.06. The Morgan fingerprint density at radius 2 is 2.11 bits per heavy atom. The van der Waals surface area contributed by atoms with E-state index in [1.807, 2.05) is 0 Å². The second-order valence-electron chi connectivity index (χ2n) is 5.00. The predicted molar refractivity (Wildman–Crippen MR) is 73.2 cm³/mol. The van der Waals surface area contributed by atoms with Crippen LogP contribution < -0.4 is 4.74 Å². The first kappa shape index (κ1) is 14.2. The number of alkyl halides is 1. The number of nitro benzene ring substituents is 1. The van der Waals surface area contributed by atoms with Crippen LogP contribution in [-0.2, 0) is 0 Å². The van der Waals surface area contributed by atoms with Crippen LogP contribution in [0, 0.1) is 21.3 Å². The van der Waals surface area contributed by atoms with Gasteiger partial charge in [0.05, 0.1) is 17.6 Å². The van der Waals surface area contributed by atoms with Crippen LogP contribution in [0.1, 0.15) is 25.7 Å². The van der Waals surface area contributed by atoms with Crippen molar-refractivity contribution in [3.63, 3.8) is 0 Å². The van der Waals surface area contributed by atoms with E-state index < -0.39 is 10.7 Å². The van der Waals surface area contributed by atoms with Crippen molar-refractivity contribution in [2.75, 3.05) is 11.9 Å². The highest BCUT2D eigenvalue weighted by Gasteiger charge is 2.33. The van der Waals surface area contributed by atoms with Crippen LogP contribution >= 0.6 is 15.9 Å². The Morgan fingerprint density at radius 1 is 1.42 bits per heavy atom. The molecule has 4 nitrogen and oxygen atoms in total. The average Bonchev–Trinajstić information content (AvgIpc) is 2.86. The van der Waals surface area contributed by atoms with Gasteiger partial charge in [0.15, 0.2) is 11.6 Å². The summed E-state index contributed by atoms with van der Waals surface area (Å²) >= 11 is 3.49. The summed E-state index contributed by atoms with van der Waals surface area (Å²) in [5.41, 5.74) is -0.199. The lowest BCUT2D eigenvalue weighted by atomic mass is 9.90. The van der Waals surface area contributed by atoms with Crippen molar-refractivity contribution in [1.29, 1.82) is 0 Å². The summed E-state index contributed by atoms with van der Waals surface area (Å²) in [4.78, 5) is 9.90. The zero-order valence-corrected chi connectivity index (χ0v) is 12.0. The first-order valence-corrected chi connectivity index (χ1v) is 7.31. The van der Waals surface area contributed by atoms with Gasteiger partial charge < -0.3 is 4.74 Å². The van der Waals surface area contributed by atoms with Gasteiger partial charge in [0.25, 0.3) is 5.69 Å². The highest BCUT2D eigenvalue weighted by Crippen LogP contribution is 2.40. The Morgan fingerprint density at radius 3 is 2.63 bits per heavy atom. The smallest absolute Gasteiger partial charge is 0.272 e. The van der Waals surface area contributed by atoms with Gasteiger partial charge in [-0.25, -0.2) is 4.39 Å². The van der Waals surface area contributed by atoms with E-state index in [-0.39, 0.29) is 16.9 Å². The molecule has 0 heterocycles. The number of ether oxygens (including phenoxy) is 1. The summed E-state index contributed by atoms with van der Waals surface area (Å²) in [6.07, 6.45) is 4.45. The molecule has 1 aliphatic rings. The molecule has 19 heavy (non-hydrogen) atoms. The molecule has 0 aliphatic heterocycles. The molecule has 0 atom stereocenters. The molecular formula is C13H15BrFNO3. The van der Waals surface area contributed by atoms with Gasteiger partial charge in [0, 0.05) is 16.8 Å². The Hall–Kier alpha value is -1.17. The lowest BCUT2D eigenvalue weighted by Gasteiger charge is -2.26. The zero-order valence-electron chi connectivity index (χ0n) is 10.4. The number of benzene rings is 1. The number of hydrogen-bond donors (Lipinski definition) is 0. The van der Waals surface area contributed by atoms with Crippen LogP contribution in [0.15, 0.2) is 18.2 Å². The Kier molecular flexibility index (Phi) is 4.39. The molecule has 0 amide bonds. The third-order valence-corrected chi connectivity index (χ3v) is 4.80. The highest BCUT2D eigenvalue weighted by molar-refractivity contribution is 9.09. The second-order valence-corrected chi connectivity index (χ2v) is 5.56. The maximum Gasteiger partial charge on any atom is 0.272 e. The molecule has 0 spiro atoms. The van der Waals surface area contributed by atoms with Crippen molar-refractivity contribution in [3.05, 3.63) is 34.1 Å². The van der Waals surface area contributed by atoms with E-state index in [2.05, 4.69) is 15.9 Å². The molecule has 1 aromatic carbocycles. The molecule has 0 unspecified atom stereocenters. The molecule has 1 aromatic rings. The van der Waals surface area contributed by atoms with E-state index in [0.717, 1.165) is 37.1 Å². The first-order valence-electron chi connectivity index (χ1n) is 6.19. The van der Waals surface area contributed by atoms with Gasteiger partial charge >= 0.3 is 0 Å². The van der Waals surface area contributed by atoms with Crippen molar-refractivity contribution in [2.45, 2.75) is 25.7 Å². The molecule has 1 aliphatic carbocycles. The minimum Gasteiger partial charge on any atom is -0.490 e. The normalized spacial score (nSPS) is 17.4. The quantitative estimate of drug-likeness (QED) is 0.464. The standard InChI is InChI=1S/C13H15BrFNO3/c14-8-13(5-1-2-6-13)9-19-12-4-3-10(16(17)18)7-11(12)15/h3-4,7H,1-2,5-6,8-9H2. The van der Waals surface area contributed by atoms with Gasteiger partial charge in [-0.2, -0.15) is 0 Å². The largest absolute Gasteiger partial charge is 0.490 e. The second kappa shape index (κ2) is 5.86. The highest BCUT2D eigenvalue weighted by atomic mass is 79.9. The van der Waals surface area contributed by atoms with E-state index in [9.17, 15) is 14.5 Å². The van der Waals surface area contributed by atoms with Gasteiger partial charge in [0.2, 0.25) is 0 Å². The molecule has 0 N–H and O–H groups in total. The molecule has 104 valence electrons. The van der Waals surface area contributed by atoms with E-state index in [0.29, 0.717) is 6.61 Å². The summed E-state index contributed by atoms with van der Waals surface area (Å²) in [7, 11) is 0. The molecule has 0 saturated heterocycles. The summed E-state index contributed by atoms with van der Waals surface area (Å²) in [6.45, 7) is 0.437. The van der Waals surface area contributed by atoms with Gasteiger partial charge in [-0.1, -0.05) is 28.8 Å². The van der Waals surface area contributed by atoms with Gasteiger partial charge in [-0.3, -0.25) is 10.1 Å². The van der Waals surface area contributed by atoms with Gasteiger partial charge in [0.1, 0.15) is 0 Å². The Bertz CT molecular complexity index is 475. The van der Waals surface area contributed by atoms with Crippen molar-refractivity contribution in [1.82, 2.24) is 0 Å².